The van der Waals surface area contributed by atoms with Crippen molar-refractivity contribution in [3.63, 3.8) is 0 Å². The number of nitrogens with zero attached hydrogens (tertiary/aromatic N) is 1. The predicted octanol–water partition coefficient (Wildman–Crippen LogP) is 0.214. The van der Waals surface area contributed by atoms with Crippen LogP contribution in [0.4, 0.5) is 5.69 Å². The van der Waals surface area contributed by atoms with Crippen molar-refractivity contribution in [2.45, 2.75) is 6.92 Å². The van der Waals surface area contributed by atoms with E-state index in [1.54, 1.807) is 6.92 Å². The molecule has 1 aromatic rings. The van der Waals surface area contributed by atoms with Gasteiger partial charge in [0.2, 0.25) is 0 Å². The van der Waals surface area contributed by atoms with Crippen molar-refractivity contribution in [1.82, 2.24) is 0 Å². The molecule has 2 nitrogen and oxygen atoms in total. The first-order valence-electron chi connectivity index (χ1n) is 1.94. The summed E-state index contributed by atoms with van der Waals surface area (Å²) in [5.74, 6) is 0. The van der Waals surface area contributed by atoms with Crippen molar-refractivity contribution in [2.24, 2.45) is 3.93 Å². The van der Waals surface area contributed by atoms with Gasteiger partial charge in [-0.05, 0) is 0 Å². The van der Waals surface area contributed by atoms with Crippen LogP contribution < -0.4 is 5.43 Å². The Morgan fingerprint density at radius 3 is 2.14 bits per heavy atom. The minimum atomic E-state index is 0.106. The Bertz CT molecular complexity index is 209. The van der Waals surface area contributed by atoms with E-state index in [1.165, 1.54) is 0 Å². The second-order valence-corrected chi connectivity index (χ2v) is 1.69. The molecule has 1 rings (SSSR count). The van der Waals surface area contributed by atoms with Crippen LogP contribution in [0.15, 0.2) is 8.72 Å². The summed E-state index contributed by atoms with van der Waals surface area (Å²) in [6, 6.07) is 0. The van der Waals surface area contributed by atoms with Gasteiger partial charge in [-0.1, -0.05) is 0 Å². The van der Waals surface area contributed by atoms with E-state index >= 15 is 0 Å². The second kappa shape index (κ2) is 1.36. The van der Waals surface area contributed by atoms with Crippen LogP contribution >= 0.6 is 0 Å². The van der Waals surface area contributed by atoms with Gasteiger partial charge >= 0.3 is 48.4 Å². The first kappa shape index (κ1) is 4.89. The van der Waals surface area contributed by atoms with Crippen molar-refractivity contribution in [1.29, 1.82) is 0 Å². The van der Waals surface area contributed by atoms with Crippen molar-refractivity contribution in [3.05, 3.63) is 15.8 Å². The molecule has 0 unspecified atom stereocenters. The summed E-state index contributed by atoms with van der Waals surface area (Å²) in [6.45, 7) is 1.77. The van der Waals surface area contributed by atoms with Crippen molar-refractivity contribution in [2.75, 3.05) is 0 Å². The molecule has 0 amide bonds. The zero-order chi connectivity index (χ0) is 5.44. The van der Waals surface area contributed by atoms with Gasteiger partial charge in [0.15, 0.2) is 0 Å². The van der Waals surface area contributed by atoms with Gasteiger partial charge in [-0.15, -0.1) is 0 Å². The van der Waals surface area contributed by atoms with E-state index in [4.69, 9.17) is 0 Å². The molecule has 33 valence electrons. The van der Waals surface area contributed by atoms with E-state index in [2.05, 4.69) is 20.0 Å². The van der Waals surface area contributed by atoms with Gasteiger partial charge in [-0.2, -0.15) is 0 Å². The molecule has 3 heteroatoms. The molecule has 0 saturated carbocycles. The number of hydrogen-bond donors (Lipinski definition) is 0. The summed E-state index contributed by atoms with van der Waals surface area (Å²) in [7, 11) is 0. The van der Waals surface area contributed by atoms with E-state index in [9.17, 15) is 4.79 Å². The molecule has 0 bridgehead atoms. The fraction of sp³-hybridized carbons (Fsp3) is 0.250. The molecule has 0 fully saturated rings. The Morgan fingerprint density at radius 1 is 1.71 bits per heavy atom. The molecule has 0 saturated heterocycles. The quantitative estimate of drug-likeness (QED) is 0.473. The monoisotopic (exact) mass is 108 g/mol. The maximum atomic E-state index is 10.3. The van der Waals surface area contributed by atoms with Gasteiger partial charge in [0.05, 0.1) is 0 Å². The van der Waals surface area contributed by atoms with Crippen LogP contribution in [0.5, 0.6) is 0 Å². The van der Waals surface area contributed by atoms with Gasteiger partial charge in [0.1, 0.15) is 0 Å². The molecule has 7 heavy (non-hydrogen) atoms. The predicted molar refractivity (Wildman–Crippen MR) is 27.7 cm³/mol. The average Bonchev–Trinajstić information content (AvgIpc) is 2.17. The van der Waals surface area contributed by atoms with Crippen LogP contribution in [0.2, 0.25) is 0 Å². The SMILES string of the molecule is Cc1c([N]=[Al])c1=O. The van der Waals surface area contributed by atoms with Crippen LogP contribution in [0.3, 0.4) is 0 Å². The summed E-state index contributed by atoms with van der Waals surface area (Å²) < 4.78 is 3.61. The Hall–Kier alpha value is -0.258. The summed E-state index contributed by atoms with van der Waals surface area (Å²) in [6.07, 6.45) is 0. The first-order valence-corrected chi connectivity index (χ1v) is 2.45. The summed E-state index contributed by atoms with van der Waals surface area (Å²) >= 11 is 2.15. The Balaban J connectivity index is 3.02. The first-order chi connectivity index (χ1) is 3.27. The zero-order valence-corrected chi connectivity index (χ0v) is 5.09. The van der Waals surface area contributed by atoms with Crippen LogP contribution in [0, 0.1) is 6.92 Å². The third-order valence-electron chi connectivity index (χ3n) is 0.977. The third kappa shape index (κ3) is 0.583. The Morgan fingerprint density at radius 2 is 2.14 bits per heavy atom. The molecule has 0 aliphatic carbocycles. The summed E-state index contributed by atoms with van der Waals surface area (Å²) in [5, 5.41) is 0. The molecular weight excluding hydrogens is 105 g/mol. The van der Waals surface area contributed by atoms with E-state index in [0.29, 0.717) is 5.69 Å². The molecule has 0 N–H and O–H groups in total. The van der Waals surface area contributed by atoms with Gasteiger partial charge in [-0.3, -0.25) is 0 Å². The van der Waals surface area contributed by atoms with Gasteiger partial charge in [-0.25, -0.2) is 0 Å². The Kier molecular flexibility index (Phi) is 0.951. The normalized spacial score (nSPS) is 9.71. The molecule has 0 aliphatic heterocycles. The fourth-order valence-corrected chi connectivity index (χ4v) is 0.712. The summed E-state index contributed by atoms with van der Waals surface area (Å²) in [4.78, 5) is 10.3. The molecule has 1 radical (unpaired) electrons. The maximum absolute atomic E-state index is 10.3. The van der Waals surface area contributed by atoms with Gasteiger partial charge < -0.3 is 0 Å². The number of rotatable bonds is 1. The molecule has 0 heterocycles. The van der Waals surface area contributed by atoms with Crippen molar-refractivity contribution < 1.29 is 0 Å². The molecule has 1 aromatic carbocycles. The molecule has 0 aliphatic rings. The zero-order valence-electron chi connectivity index (χ0n) is 3.93. The van der Waals surface area contributed by atoms with Crippen LogP contribution in [0.1, 0.15) is 5.56 Å². The average molecular weight is 108 g/mol. The standard InChI is InChI=1S/C4H3NO.Al/c1-2-3(5)4(2)6;/h1H3;. The Labute approximate surface area is 49.1 Å². The van der Waals surface area contributed by atoms with Crippen LogP contribution in [0.25, 0.3) is 0 Å². The minimum absolute atomic E-state index is 0.106. The van der Waals surface area contributed by atoms with E-state index in [0.717, 1.165) is 5.56 Å². The molecule has 0 aromatic heterocycles. The van der Waals surface area contributed by atoms with Crippen molar-refractivity contribution in [3.8, 4) is 0 Å². The van der Waals surface area contributed by atoms with Crippen molar-refractivity contribution >= 4 is 21.8 Å². The third-order valence-corrected chi connectivity index (χ3v) is 1.24. The van der Waals surface area contributed by atoms with E-state index in [-0.39, 0.29) is 5.43 Å². The topological polar surface area (TPSA) is 29.4 Å². The van der Waals surface area contributed by atoms with E-state index < -0.39 is 0 Å². The van der Waals surface area contributed by atoms with Gasteiger partial charge in [0.25, 0.3) is 0 Å². The van der Waals surface area contributed by atoms with E-state index in [1.807, 2.05) is 0 Å². The number of hydrogen-bond acceptors (Lipinski definition) is 2. The van der Waals surface area contributed by atoms with Crippen LogP contribution in [-0.2, 0) is 0 Å². The summed E-state index contributed by atoms with van der Waals surface area (Å²) in [5.41, 5.74) is 1.54. The molecule has 0 spiro atoms. The molecule has 0 atom stereocenters. The second-order valence-electron chi connectivity index (χ2n) is 1.43. The fourth-order valence-electron chi connectivity index (χ4n) is 0.401. The van der Waals surface area contributed by atoms with Gasteiger partial charge in [0, 0.05) is 0 Å². The molecular formula is C4H3AlNO. The van der Waals surface area contributed by atoms with Crippen LogP contribution in [-0.4, -0.2) is 16.1 Å².